The number of halogens is 2. The summed E-state index contributed by atoms with van der Waals surface area (Å²) in [5, 5.41) is 9.42. The fourth-order valence-corrected chi connectivity index (χ4v) is 2.03. The normalized spacial score (nSPS) is 11.1. The second kappa shape index (κ2) is 7.90. The van der Waals surface area contributed by atoms with Gasteiger partial charge in [-0.3, -0.25) is 0 Å². The van der Waals surface area contributed by atoms with Crippen LogP contribution in [-0.2, 0) is 14.3 Å². The molecular weight excluding hydrogens is 319 g/mol. The van der Waals surface area contributed by atoms with E-state index in [-0.39, 0.29) is 29.6 Å². The number of benzene rings is 1. The Kier molecular flexibility index (Phi) is 6.52. The molecule has 0 aliphatic carbocycles. The highest BCUT2D eigenvalue weighted by Crippen LogP contribution is 2.34. The quantitative estimate of drug-likeness (QED) is 0.638. The first-order valence-corrected chi connectivity index (χ1v) is 6.79. The van der Waals surface area contributed by atoms with E-state index >= 15 is 0 Å². The Balaban J connectivity index is 3.09. The van der Waals surface area contributed by atoms with Gasteiger partial charge < -0.3 is 14.6 Å². The predicted octanol–water partition coefficient (Wildman–Crippen LogP) is 3.42. The van der Waals surface area contributed by atoms with Crippen LogP contribution in [0.4, 0.5) is 0 Å². The van der Waals surface area contributed by atoms with E-state index in [0.717, 1.165) is 0 Å². The Bertz CT molecular complexity index is 581. The van der Waals surface area contributed by atoms with Gasteiger partial charge in [0.2, 0.25) is 0 Å². The van der Waals surface area contributed by atoms with Gasteiger partial charge in [-0.2, -0.15) is 0 Å². The molecule has 0 spiro atoms. The van der Waals surface area contributed by atoms with Crippen LogP contribution in [0.1, 0.15) is 19.4 Å². The molecule has 0 aliphatic rings. The summed E-state index contributed by atoms with van der Waals surface area (Å²) in [7, 11) is 0. The maximum Gasteiger partial charge on any atom is 0.344 e. The molecule has 0 bridgehead atoms. The van der Waals surface area contributed by atoms with E-state index in [0.29, 0.717) is 10.6 Å². The second-order valence-corrected chi connectivity index (χ2v) is 4.88. The van der Waals surface area contributed by atoms with Crippen molar-refractivity contribution in [2.75, 3.05) is 13.2 Å². The van der Waals surface area contributed by atoms with Crippen LogP contribution in [0, 0.1) is 0 Å². The first kappa shape index (κ1) is 17.3. The lowest BCUT2D eigenvalue weighted by molar-refractivity contribution is -0.145. The highest BCUT2D eigenvalue weighted by Gasteiger charge is 2.13. The van der Waals surface area contributed by atoms with Crippen LogP contribution in [0.15, 0.2) is 17.7 Å². The maximum absolute atomic E-state index is 11.3. The third kappa shape index (κ3) is 5.28. The third-order valence-corrected chi connectivity index (χ3v) is 2.89. The van der Waals surface area contributed by atoms with Gasteiger partial charge in [0.25, 0.3) is 0 Å². The predicted molar refractivity (Wildman–Crippen MR) is 79.9 cm³/mol. The number of hydrogen-bond donors (Lipinski definition) is 1. The Morgan fingerprint density at radius 3 is 2.57 bits per heavy atom. The van der Waals surface area contributed by atoms with Crippen LogP contribution in [0.5, 0.6) is 5.75 Å². The lowest BCUT2D eigenvalue weighted by Crippen LogP contribution is -2.15. The molecule has 1 aromatic carbocycles. The van der Waals surface area contributed by atoms with Gasteiger partial charge in [0.15, 0.2) is 6.61 Å². The van der Waals surface area contributed by atoms with Crippen LogP contribution in [0.3, 0.4) is 0 Å². The summed E-state index contributed by atoms with van der Waals surface area (Å²) in [6, 6.07) is 2.94. The fourth-order valence-electron chi connectivity index (χ4n) is 1.47. The SMILES string of the molecule is CCOC(=O)COc1c(Cl)cc(Cl)cc1/C=C(\C)C(=O)O. The second-order valence-electron chi connectivity index (χ2n) is 4.03. The molecular formula is C14H14Cl2O5. The number of carbonyl (C=O) groups excluding carboxylic acids is 1. The first-order valence-electron chi connectivity index (χ1n) is 6.04. The zero-order chi connectivity index (χ0) is 16.0. The van der Waals surface area contributed by atoms with Crippen molar-refractivity contribution in [2.45, 2.75) is 13.8 Å². The molecule has 0 amide bonds. The van der Waals surface area contributed by atoms with E-state index < -0.39 is 11.9 Å². The number of carboxylic acid groups (broad SMARTS) is 1. The monoisotopic (exact) mass is 332 g/mol. The molecule has 114 valence electrons. The largest absolute Gasteiger partial charge is 0.480 e. The minimum absolute atomic E-state index is 0.0781. The highest BCUT2D eigenvalue weighted by molar-refractivity contribution is 6.36. The van der Waals surface area contributed by atoms with Crippen molar-refractivity contribution < 1.29 is 24.2 Å². The van der Waals surface area contributed by atoms with Gasteiger partial charge in [-0.25, -0.2) is 9.59 Å². The summed E-state index contributed by atoms with van der Waals surface area (Å²) >= 11 is 11.9. The third-order valence-electron chi connectivity index (χ3n) is 2.39. The lowest BCUT2D eigenvalue weighted by Gasteiger charge is -2.11. The zero-order valence-corrected chi connectivity index (χ0v) is 13.0. The molecule has 0 radical (unpaired) electrons. The van der Waals surface area contributed by atoms with Gasteiger partial charge in [-0.1, -0.05) is 23.2 Å². The molecule has 0 atom stereocenters. The maximum atomic E-state index is 11.3. The van der Waals surface area contributed by atoms with Crippen molar-refractivity contribution in [3.05, 3.63) is 33.3 Å². The van der Waals surface area contributed by atoms with E-state index in [1.54, 1.807) is 6.92 Å². The van der Waals surface area contributed by atoms with Crippen LogP contribution < -0.4 is 4.74 Å². The standard InChI is InChI=1S/C14H14Cl2O5/c1-3-20-12(17)7-21-13-9(4-8(2)14(18)19)5-10(15)6-11(13)16/h4-6H,3,7H2,1-2H3,(H,18,19)/b8-4+. The molecule has 1 N–H and O–H groups in total. The number of carbonyl (C=O) groups is 2. The summed E-state index contributed by atoms with van der Waals surface area (Å²) in [5.41, 5.74) is 0.450. The summed E-state index contributed by atoms with van der Waals surface area (Å²) < 4.78 is 10.1. The fraction of sp³-hybridized carbons (Fsp3) is 0.286. The lowest BCUT2D eigenvalue weighted by atomic mass is 10.1. The van der Waals surface area contributed by atoms with Gasteiger partial charge in [0.05, 0.1) is 11.6 Å². The minimum atomic E-state index is -1.08. The number of aliphatic carboxylic acids is 1. The van der Waals surface area contributed by atoms with Crippen molar-refractivity contribution in [1.29, 1.82) is 0 Å². The molecule has 0 aromatic heterocycles. The molecule has 21 heavy (non-hydrogen) atoms. The number of ether oxygens (including phenoxy) is 2. The van der Waals surface area contributed by atoms with E-state index in [4.69, 9.17) is 37.8 Å². The molecule has 0 aliphatic heterocycles. The van der Waals surface area contributed by atoms with Crippen molar-refractivity contribution in [1.82, 2.24) is 0 Å². The molecule has 0 saturated heterocycles. The number of carboxylic acids is 1. The van der Waals surface area contributed by atoms with Crippen molar-refractivity contribution in [2.24, 2.45) is 0 Å². The Morgan fingerprint density at radius 1 is 1.33 bits per heavy atom. The molecule has 0 heterocycles. The van der Waals surface area contributed by atoms with Gasteiger partial charge in [-0.05, 0) is 32.1 Å². The number of esters is 1. The Hall–Kier alpha value is -1.72. The van der Waals surface area contributed by atoms with E-state index in [9.17, 15) is 9.59 Å². The molecule has 7 heteroatoms. The molecule has 0 saturated carbocycles. The smallest absolute Gasteiger partial charge is 0.344 e. The molecule has 0 unspecified atom stereocenters. The van der Waals surface area contributed by atoms with Gasteiger partial charge in [0.1, 0.15) is 5.75 Å². The van der Waals surface area contributed by atoms with Crippen molar-refractivity contribution in [3.8, 4) is 5.75 Å². The highest BCUT2D eigenvalue weighted by atomic mass is 35.5. The summed E-state index contributed by atoms with van der Waals surface area (Å²) in [5.74, 6) is -1.45. The molecule has 0 fully saturated rings. The topological polar surface area (TPSA) is 72.8 Å². The summed E-state index contributed by atoms with van der Waals surface area (Å²) in [4.78, 5) is 22.2. The van der Waals surface area contributed by atoms with E-state index in [1.165, 1.54) is 25.1 Å². The molecule has 1 aromatic rings. The average Bonchev–Trinajstić information content (AvgIpc) is 2.37. The van der Waals surface area contributed by atoms with Crippen LogP contribution in [0.2, 0.25) is 10.0 Å². The van der Waals surface area contributed by atoms with Crippen molar-refractivity contribution in [3.63, 3.8) is 0 Å². The summed E-state index contributed by atoms with van der Waals surface area (Å²) in [6.07, 6.45) is 1.36. The van der Waals surface area contributed by atoms with Crippen LogP contribution >= 0.6 is 23.2 Å². The number of hydrogen-bond acceptors (Lipinski definition) is 4. The molecule has 5 nitrogen and oxygen atoms in total. The van der Waals surface area contributed by atoms with E-state index in [1.807, 2.05) is 0 Å². The van der Waals surface area contributed by atoms with Crippen LogP contribution in [-0.4, -0.2) is 30.3 Å². The molecule has 1 rings (SSSR count). The minimum Gasteiger partial charge on any atom is -0.480 e. The first-order chi connectivity index (χ1) is 9.85. The zero-order valence-electron chi connectivity index (χ0n) is 11.5. The van der Waals surface area contributed by atoms with E-state index in [2.05, 4.69) is 0 Å². The Labute approximate surface area is 132 Å². The average molecular weight is 333 g/mol. The summed E-state index contributed by atoms with van der Waals surface area (Å²) in [6.45, 7) is 3.01. The van der Waals surface area contributed by atoms with Crippen LogP contribution in [0.25, 0.3) is 6.08 Å². The van der Waals surface area contributed by atoms with Gasteiger partial charge in [-0.15, -0.1) is 0 Å². The number of rotatable bonds is 6. The van der Waals surface area contributed by atoms with Gasteiger partial charge >= 0.3 is 11.9 Å². The van der Waals surface area contributed by atoms with Gasteiger partial charge in [0, 0.05) is 16.2 Å². The van der Waals surface area contributed by atoms with Crippen molar-refractivity contribution >= 4 is 41.2 Å². The Morgan fingerprint density at radius 2 is 2.00 bits per heavy atom.